The van der Waals surface area contributed by atoms with Gasteiger partial charge in [0.2, 0.25) is 5.91 Å². The Bertz CT molecular complexity index is 471. The Kier molecular flexibility index (Phi) is 3.98. The molecule has 1 aromatic rings. The van der Waals surface area contributed by atoms with Gasteiger partial charge in [-0.1, -0.05) is 0 Å². The zero-order chi connectivity index (χ0) is 13.9. The van der Waals surface area contributed by atoms with Crippen LogP contribution in [0.3, 0.4) is 0 Å². The number of rotatable bonds is 3. The molecule has 0 aliphatic carbocycles. The Morgan fingerprint density at radius 1 is 1.20 bits per heavy atom. The van der Waals surface area contributed by atoms with Crippen molar-refractivity contribution in [3.8, 4) is 0 Å². The molecule has 0 saturated carbocycles. The van der Waals surface area contributed by atoms with Gasteiger partial charge in [-0.15, -0.1) is 0 Å². The summed E-state index contributed by atoms with van der Waals surface area (Å²) in [5.41, 5.74) is 0.805. The molecule has 1 amide bonds. The van der Waals surface area contributed by atoms with E-state index in [-0.39, 0.29) is 11.7 Å². The number of piperazine rings is 1. The minimum Gasteiger partial charge on any atom is -0.314 e. The number of carbonyl (C=O) groups is 1. The molecule has 4 nitrogen and oxygen atoms in total. The van der Waals surface area contributed by atoms with Crippen LogP contribution in [0.4, 0.5) is 10.1 Å². The van der Waals surface area contributed by atoms with Crippen molar-refractivity contribution in [2.75, 3.05) is 44.2 Å². The van der Waals surface area contributed by atoms with E-state index in [2.05, 4.69) is 10.2 Å². The van der Waals surface area contributed by atoms with E-state index in [1.807, 2.05) is 0 Å². The summed E-state index contributed by atoms with van der Waals surface area (Å²) in [6.45, 7) is 5.90. The Balaban J connectivity index is 1.61. The van der Waals surface area contributed by atoms with Crippen molar-refractivity contribution in [3.63, 3.8) is 0 Å². The molecule has 0 spiro atoms. The molecule has 0 bridgehead atoms. The molecule has 2 saturated heterocycles. The van der Waals surface area contributed by atoms with E-state index in [0.717, 1.165) is 45.0 Å². The van der Waals surface area contributed by atoms with Crippen molar-refractivity contribution < 1.29 is 9.18 Å². The van der Waals surface area contributed by atoms with Crippen LogP contribution >= 0.6 is 0 Å². The first kappa shape index (κ1) is 13.5. The third-order valence-corrected chi connectivity index (χ3v) is 4.07. The summed E-state index contributed by atoms with van der Waals surface area (Å²) in [6.07, 6.45) is 0.599. The van der Waals surface area contributed by atoms with Crippen molar-refractivity contribution in [1.82, 2.24) is 10.2 Å². The normalized spacial score (nSPS) is 24.4. The minimum absolute atomic E-state index is 0.150. The summed E-state index contributed by atoms with van der Waals surface area (Å²) >= 11 is 0. The molecule has 1 unspecified atom stereocenters. The predicted octanol–water partition coefficient (Wildman–Crippen LogP) is 1.08. The van der Waals surface area contributed by atoms with E-state index in [4.69, 9.17) is 0 Å². The van der Waals surface area contributed by atoms with E-state index in [0.29, 0.717) is 12.3 Å². The van der Waals surface area contributed by atoms with Crippen molar-refractivity contribution in [1.29, 1.82) is 0 Å². The Labute approximate surface area is 118 Å². The highest BCUT2D eigenvalue weighted by Crippen LogP contribution is 2.25. The van der Waals surface area contributed by atoms with Gasteiger partial charge in [0.05, 0.1) is 0 Å². The molecule has 1 aromatic carbocycles. The quantitative estimate of drug-likeness (QED) is 0.898. The molecule has 1 atom stereocenters. The molecule has 5 heteroatoms. The molecule has 20 heavy (non-hydrogen) atoms. The lowest BCUT2D eigenvalue weighted by atomic mass is 10.1. The molecule has 3 rings (SSSR count). The SMILES string of the molecule is O=C1CC(CN2CCNCC2)CN1c1ccc(F)cc1. The van der Waals surface area contributed by atoms with Crippen LogP contribution in [0.5, 0.6) is 0 Å². The molecule has 0 radical (unpaired) electrons. The number of amides is 1. The molecule has 108 valence electrons. The summed E-state index contributed by atoms with van der Waals surface area (Å²) in [5.74, 6) is 0.264. The minimum atomic E-state index is -0.266. The average Bonchev–Trinajstić information content (AvgIpc) is 2.81. The lowest BCUT2D eigenvalue weighted by molar-refractivity contribution is -0.117. The fraction of sp³-hybridized carbons (Fsp3) is 0.533. The lowest BCUT2D eigenvalue weighted by Crippen LogP contribution is -2.45. The van der Waals surface area contributed by atoms with E-state index in [1.165, 1.54) is 12.1 Å². The Hall–Kier alpha value is -1.46. The van der Waals surface area contributed by atoms with Gasteiger partial charge >= 0.3 is 0 Å². The molecule has 1 N–H and O–H groups in total. The monoisotopic (exact) mass is 277 g/mol. The van der Waals surface area contributed by atoms with Crippen LogP contribution in [-0.2, 0) is 4.79 Å². The van der Waals surface area contributed by atoms with Crippen LogP contribution in [-0.4, -0.2) is 50.1 Å². The summed E-state index contributed by atoms with van der Waals surface area (Å²) in [7, 11) is 0. The second kappa shape index (κ2) is 5.89. The zero-order valence-electron chi connectivity index (χ0n) is 11.5. The molecule has 2 fully saturated rings. The maximum absolute atomic E-state index is 12.9. The second-order valence-corrected chi connectivity index (χ2v) is 5.60. The summed E-state index contributed by atoms with van der Waals surface area (Å²) < 4.78 is 12.9. The van der Waals surface area contributed by atoms with Gasteiger partial charge in [0, 0.05) is 51.4 Å². The molecular formula is C15H20FN3O. The molecule has 2 heterocycles. The first-order valence-electron chi connectivity index (χ1n) is 7.21. The first-order valence-corrected chi connectivity index (χ1v) is 7.21. The third kappa shape index (κ3) is 2.99. The number of nitrogens with one attached hydrogen (secondary N) is 1. The van der Waals surface area contributed by atoms with Crippen LogP contribution in [0.1, 0.15) is 6.42 Å². The highest BCUT2D eigenvalue weighted by Gasteiger charge is 2.31. The Morgan fingerprint density at radius 3 is 2.60 bits per heavy atom. The number of benzene rings is 1. The number of halogens is 1. The predicted molar refractivity (Wildman–Crippen MR) is 76.2 cm³/mol. The maximum Gasteiger partial charge on any atom is 0.227 e. The number of hydrogen-bond acceptors (Lipinski definition) is 3. The highest BCUT2D eigenvalue weighted by molar-refractivity contribution is 5.95. The molecule has 0 aromatic heterocycles. The van der Waals surface area contributed by atoms with Crippen LogP contribution < -0.4 is 10.2 Å². The maximum atomic E-state index is 12.9. The van der Waals surface area contributed by atoms with Crippen LogP contribution in [0.2, 0.25) is 0 Å². The van der Waals surface area contributed by atoms with Gasteiger partial charge in [-0.25, -0.2) is 4.39 Å². The van der Waals surface area contributed by atoms with E-state index < -0.39 is 0 Å². The Morgan fingerprint density at radius 2 is 1.90 bits per heavy atom. The number of carbonyl (C=O) groups excluding carboxylic acids is 1. The first-order chi connectivity index (χ1) is 9.72. The van der Waals surface area contributed by atoms with Crippen LogP contribution in [0.15, 0.2) is 24.3 Å². The highest BCUT2D eigenvalue weighted by atomic mass is 19.1. The van der Waals surface area contributed by atoms with Gasteiger partial charge in [0.1, 0.15) is 5.82 Å². The summed E-state index contributed by atoms with van der Waals surface area (Å²) in [4.78, 5) is 16.3. The lowest BCUT2D eigenvalue weighted by Gasteiger charge is -2.29. The largest absolute Gasteiger partial charge is 0.314 e. The third-order valence-electron chi connectivity index (χ3n) is 4.07. The standard InChI is InChI=1S/C15H20FN3O/c16-13-1-3-14(4-2-13)19-11-12(9-15(19)20)10-18-7-5-17-6-8-18/h1-4,12,17H,5-11H2. The van der Waals surface area contributed by atoms with Crippen molar-refractivity contribution in [3.05, 3.63) is 30.1 Å². The summed E-state index contributed by atoms with van der Waals surface area (Å²) in [6, 6.07) is 6.18. The number of nitrogens with zero attached hydrogens (tertiary/aromatic N) is 2. The van der Waals surface area contributed by atoms with Crippen LogP contribution in [0.25, 0.3) is 0 Å². The van der Waals surface area contributed by atoms with Gasteiger partial charge in [-0.2, -0.15) is 0 Å². The summed E-state index contributed by atoms with van der Waals surface area (Å²) in [5, 5.41) is 3.33. The topological polar surface area (TPSA) is 35.6 Å². The van der Waals surface area contributed by atoms with Gasteiger partial charge in [0.25, 0.3) is 0 Å². The van der Waals surface area contributed by atoms with Gasteiger partial charge in [-0.05, 0) is 30.2 Å². The van der Waals surface area contributed by atoms with Crippen molar-refractivity contribution in [2.24, 2.45) is 5.92 Å². The molecule has 2 aliphatic rings. The van der Waals surface area contributed by atoms with E-state index in [9.17, 15) is 9.18 Å². The smallest absolute Gasteiger partial charge is 0.227 e. The molecular weight excluding hydrogens is 257 g/mol. The van der Waals surface area contributed by atoms with E-state index >= 15 is 0 Å². The van der Waals surface area contributed by atoms with Crippen molar-refractivity contribution >= 4 is 11.6 Å². The van der Waals surface area contributed by atoms with Crippen LogP contribution in [0, 0.1) is 11.7 Å². The number of hydrogen-bond donors (Lipinski definition) is 1. The van der Waals surface area contributed by atoms with E-state index in [1.54, 1.807) is 17.0 Å². The van der Waals surface area contributed by atoms with Crippen molar-refractivity contribution in [2.45, 2.75) is 6.42 Å². The fourth-order valence-electron chi connectivity index (χ4n) is 3.03. The molecule has 2 aliphatic heterocycles. The second-order valence-electron chi connectivity index (χ2n) is 5.60. The van der Waals surface area contributed by atoms with Gasteiger partial charge in [-0.3, -0.25) is 4.79 Å². The zero-order valence-corrected chi connectivity index (χ0v) is 11.5. The van der Waals surface area contributed by atoms with Gasteiger partial charge in [0.15, 0.2) is 0 Å². The average molecular weight is 277 g/mol. The van der Waals surface area contributed by atoms with Gasteiger partial charge < -0.3 is 15.1 Å². The fourth-order valence-corrected chi connectivity index (χ4v) is 3.03. The number of anilines is 1.